The van der Waals surface area contributed by atoms with Gasteiger partial charge in [0.25, 0.3) is 5.91 Å². The summed E-state index contributed by atoms with van der Waals surface area (Å²) < 4.78 is 17.5. The molecule has 0 aliphatic rings. The summed E-state index contributed by atoms with van der Waals surface area (Å²) in [4.78, 5) is 29.2. The van der Waals surface area contributed by atoms with Crippen molar-refractivity contribution in [2.75, 3.05) is 12.0 Å². The fraction of sp³-hybridized carbons (Fsp3) is 0.156. The zero-order chi connectivity index (χ0) is 28.5. The first kappa shape index (κ1) is 31.6. The normalized spacial score (nSPS) is 12.2. The van der Waals surface area contributed by atoms with Gasteiger partial charge < -0.3 is 20.0 Å². The summed E-state index contributed by atoms with van der Waals surface area (Å²) >= 11 is 0. The molecule has 1 N–H and O–H groups in total. The van der Waals surface area contributed by atoms with Gasteiger partial charge in [-0.25, -0.2) is 0 Å². The van der Waals surface area contributed by atoms with Crippen LogP contribution in [0.5, 0.6) is 11.5 Å². The van der Waals surface area contributed by atoms with Crippen LogP contribution in [-0.4, -0.2) is 39.1 Å². The number of aromatic nitrogens is 1. The van der Waals surface area contributed by atoms with E-state index >= 15 is 0 Å². The molecular weight excluding hydrogens is 531 g/mol. The minimum absolute atomic E-state index is 0. The average molecular weight is 561 g/mol. The van der Waals surface area contributed by atoms with Gasteiger partial charge in [0.05, 0.1) is 12.0 Å². The van der Waals surface area contributed by atoms with Crippen molar-refractivity contribution in [1.82, 2.24) is 10.3 Å². The number of nitrogens with zero attached hydrogens (tertiary/aromatic N) is 1. The van der Waals surface area contributed by atoms with Gasteiger partial charge in [0, 0.05) is 46.3 Å². The van der Waals surface area contributed by atoms with E-state index < -0.39 is 28.7 Å². The Kier molecular flexibility index (Phi) is 11.7. The van der Waals surface area contributed by atoms with Crippen LogP contribution in [-0.2, 0) is 15.6 Å². The number of hydrogen-bond donors (Lipinski definition) is 1. The molecule has 4 rings (SSSR count). The van der Waals surface area contributed by atoms with E-state index in [1.54, 1.807) is 30.6 Å². The second kappa shape index (κ2) is 15.2. The summed E-state index contributed by atoms with van der Waals surface area (Å²) in [6.45, 7) is 1.95. The summed E-state index contributed by atoms with van der Waals surface area (Å²) in [6.07, 6.45) is 8.66. The first-order chi connectivity index (χ1) is 19.3. The van der Waals surface area contributed by atoms with Crippen LogP contribution in [0.15, 0.2) is 91.3 Å². The van der Waals surface area contributed by atoms with Crippen molar-refractivity contribution in [3.63, 3.8) is 0 Å². The van der Waals surface area contributed by atoms with Crippen molar-refractivity contribution in [3.05, 3.63) is 114 Å². The van der Waals surface area contributed by atoms with Gasteiger partial charge in [-0.3, -0.25) is 14.0 Å². The Balaban J connectivity index is 0.00000462. The zero-order valence-corrected chi connectivity index (χ0v) is 24.0. The van der Waals surface area contributed by atoms with Gasteiger partial charge in [0.1, 0.15) is 11.5 Å². The number of carbonyl (C=O) groups is 2. The van der Waals surface area contributed by atoms with E-state index in [1.807, 2.05) is 79.7 Å². The number of carboxylic acid groups (broad SMARTS) is 1. The van der Waals surface area contributed by atoms with Gasteiger partial charge in [0.2, 0.25) is 0 Å². The number of hydrogen-bond acceptors (Lipinski definition) is 6. The summed E-state index contributed by atoms with van der Waals surface area (Å²) in [6, 6.07) is 23.0. The number of aryl methyl sites for hydroxylation is 1. The number of aliphatic carboxylic acids is 1. The summed E-state index contributed by atoms with van der Waals surface area (Å²) in [5.41, 5.74) is 4.38. The maximum atomic E-state index is 13.3. The molecule has 204 valence electrons. The molecule has 4 aromatic rings. The number of benzene rings is 3. The molecule has 1 heterocycles. The number of ether oxygens (including phenoxy) is 1. The van der Waals surface area contributed by atoms with Crippen LogP contribution in [0.4, 0.5) is 0 Å². The molecule has 1 aromatic heterocycles. The van der Waals surface area contributed by atoms with E-state index in [9.17, 15) is 18.9 Å². The Hall–Kier alpha value is -3.96. The Morgan fingerprint density at radius 3 is 2.44 bits per heavy atom. The molecule has 0 spiro atoms. The third-order valence-corrected chi connectivity index (χ3v) is 7.05. The van der Waals surface area contributed by atoms with Crippen molar-refractivity contribution in [1.29, 1.82) is 0 Å². The summed E-state index contributed by atoms with van der Waals surface area (Å²) in [5, 5.41) is 14.2. The van der Waals surface area contributed by atoms with Crippen LogP contribution in [0.3, 0.4) is 0 Å². The number of carbonyl (C=O) groups excluding carboxylic acids is 2. The summed E-state index contributed by atoms with van der Waals surface area (Å²) in [7, 11) is -1.20. The number of pyridine rings is 1. The van der Waals surface area contributed by atoms with Crippen molar-refractivity contribution < 1.29 is 42.5 Å². The van der Waals surface area contributed by atoms with Gasteiger partial charge in [0.15, 0.2) is 0 Å². The molecule has 0 saturated carbocycles. The standard InChI is InChI=1S/C32H30N2O5S.Li/c1-22-8-6-7-11-26(22)28-20-23(13-15-27(28)31(35)34-29(32(36)37)17-19-40(2)38)12-14-24-21-33-18-16-30(24)39-25-9-4-3-5-10-25;/h3-16,18,20-21,29H,17,19H2,1-2H3,(H,34,35)(H,36,37);/q;+1/p-1/b14-12+;. The second-order valence-electron chi connectivity index (χ2n) is 9.19. The average Bonchev–Trinajstić information content (AvgIpc) is 2.95. The molecule has 0 aliphatic carbocycles. The van der Waals surface area contributed by atoms with Gasteiger partial charge in [-0.05, 0) is 72.0 Å². The Labute approximate surface area is 254 Å². The van der Waals surface area contributed by atoms with Gasteiger partial charge in [-0.1, -0.05) is 54.6 Å². The van der Waals surface area contributed by atoms with Crippen LogP contribution in [0.2, 0.25) is 0 Å². The number of carboxylic acids is 1. The predicted molar refractivity (Wildman–Crippen MR) is 156 cm³/mol. The van der Waals surface area contributed by atoms with E-state index in [2.05, 4.69) is 10.3 Å². The Morgan fingerprint density at radius 1 is 1.00 bits per heavy atom. The predicted octanol–water partition coefficient (Wildman–Crippen LogP) is 1.64. The maximum Gasteiger partial charge on any atom is 1.00 e. The van der Waals surface area contributed by atoms with Crippen molar-refractivity contribution in [2.45, 2.75) is 19.4 Å². The van der Waals surface area contributed by atoms with E-state index in [0.717, 1.165) is 22.3 Å². The van der Waals surface area contributed by atoms with E-state index in [-0.39, 0.29) is 31.0 Å². The maximum absolute atomic E-state index is 13.3. The van der Waals surface area contributed by atoms with E-state index in [0.29, 0.717) is 22.6 Å². The summed E-state index contributed by atoms with van der Waals surface area (Å²) in [5.74, 6) is -0.469. The van der Waals surface area contributed by atoms with Crippen LogP contribution < -0.4 is 34.0 Å². The van der Waals surface area contributed by atoms with Gasteiger partial charge in [-0.15, -0.1) is 0 Å². The van der Waals surface area contributed by atoms with Crippen LogP contribution in [0, 0.1) is 6.92 Å². The minimum Gasteiger partial charge on any atom is -0.548 e. The number of rotatable bonds is 11. The minimum atomic E-state index is -1.42. The molecule has 2 unspecified atom stereocenters. The van der Waals surface area contributed by atoms with Crippen molar-refractivity contribution in [3.8, 4) is 22.6 Å². The molecule has 1 amide bonds. The molecule has 0 aliphatic heterocycles. The second-order valence-corrected chi connectivity index (χ2v) is 10.7. The number of para-hydroxylation sites is 1. The third kappa shape index (κ3) is 8.76. The molecule has 2 atom stereocenters. The molecule has 0 fully saturated rings. The van der Waals surface area contributed by atoms with Crippen LogP contribution in [0.1, 0.15) is 33.5 Å². The third-order valence-electron chi connectivity index (χ3n) is 6.24. The number of nitrogens with one attached hydrogen (secondary N) is 1. The van der Waals surface area contributed by atoms with E-state index in [4.69, 9.17) is 4.74 Å². The van der Waals surface area contributed by atoms with E-state index in [1.165, 1.54) is 6.26 Å². The molecule has 0 bridgehead atoms. The Bertz CT molecular complexity index is 1560. The quantitative estimate of drug-likeness (QED) is 0.280. The SMILES string of the molecule is Cc1ccccc1-c1cc(/C=C/c2cnccc2Oc2ccccc2)ccc1C(=O)NC(CCS(C)=O)C(=O)[O-].[Li+]. The topological polar surface area (TPSA) is 108 Å². The molecular formula is C32H29LiN2O5S. The van der Waals surface area contributed by atoms with Crippen LogP contribution >= 0.6 is 0 Å². The molecule has 41 heavy (non-hydrogen) atoms. The molecule has 9 heteroatoms. The molecule has 3 aromatic carbocycles. The van der Waals surface area contributed by atoms with Gasteiger partial charge >= 0.3 is 18.9 Å². The van der Waals surface area contributed by atoms with Crippen molar-refractivity contribution >= 4 is 34.8 Å². The first-order valence-corrected chi connectivity index (χ1v) is 14.4. The first-order valence-electron chi connectivity index (χ1n) is 12.7. The van der Waals surface area contributed by atoms with Gasteiger partial charge in [-0.2, -0.15) is 0 Å². The van der Waals surface area contributed by atoms with Crippen LogP contribution in [0.25, 0.3) is 23.3 Å². The molecule has 0 radical (unpaired) electrons. The Morgan fingerprint density at radius 2 is 1.73 bits per heavy atom. The zero-order valence-electron chi connectivity index (χ0n) is 23.2. The van der Waals surface area contributed by atoms with Crippen molar-refractivity contribution in [2.24, 2.45) is 0 Å². The molecule has 7 nitrogen and oxygen atoms in total. The monoisotopic (exact) mass is 560 g/mol. The smallest absolute Gasteiger partial charge is 0.548 e. The molecule has 0 saturated heterocycles. The fourth-order valence-corrected chi connectivity index (χ4v) is 4.71. The fourth-order valence-electron chi connectivity index (χ4n) is 4.14. The number of amides is 1. The largest absolute Gasteiger partial charge is 1.00 e.